The van der Waals surface area contributed by atoms with Crippen molar-refractivity contribution < 1.29 is 0 Å². The molecule has 0 aliphatic carbocycles. The molecule has 1 N–H and O–H groups in total. The van der Waals surface area contributed by atoms with E-state index in [2.05, 4.69) is 48.3 Å². The maximum atomic E-state index is 3.52. The van der Waals surface area contributed by atoms with Crippen LogP contribution in [0.25, 0.3) is 0 Å². The maximum Gasteiger partial charge on any atom is 0.0481 e. The molecule has 1 atom stereocenters. The molecule has 0 radical (unpaired) electrons. The Morgan fingerprint density at radius 2 is 2.12 bits per heavy atom. The molecule has 2 aliphatic heterocycles. The zero-order chi connectivity index (χ0) is 11.2. The molecular formula is C14H20N2. The first kappa shape index (κ1) is 10.3. The second-order valence-electron chi connectivity index (χ2n) is 5.60. The van der Waals surface area contributed by atoms with E-state index in [-0.39, 0.29) is 0 Å². The Morgan fingerprint density at radius 1 is 1.31 bits per heavy atom. The molecule has 1 fully saturated rings. The van der Waals surface area contributed by atoms with Crippen LogP contribution < -0.4 is 5.32 Å². The van der Waals surface area contributed by atoms with Gasteiger partial charge in [0.1, 0.15) is 0 Å². The van der Waals surface area contributed by atoms with Crippen LogP contribution in [0.2, 0.25) is 0 Å². The van der Waals surface area contributed by atoms with Crippen LogP contribution in [0.3, 0.4) is 0 Å². The highest BCUT2D eigenvalue weighted by atomic mass is 15.3. The predicted molar refractivity (Wildman–Crippen MR) is 66.5 cm³/mol. The number of fused-ring (bicyclic) bond motifs is 3. The van der Waals surface area contributed by atoms with Gasteiger partial charge >= 0.3 is 0 Å². The van der Waals surface area contributed by atoms with Crippen molar-refractivity contribution in [1.29, 1.82) is 0 Å². The molecule has 0 saturated carbocycles. The van der Waals surface area contributed by atoms with Gasteiger partial charge in [0.05, 0.1) is 0 Å². The summed E-state index contributed by atoms with van der Waals surface area (Å²) in [5.74, 6) is 0. The number of piperazine rings is 1. The molecule has 0 amide bonds. The van der Waals surface area contributed by atoms with Crippen molar-refractivity contribution in [2.45, 2.75) is 31.8 Å². The van der Waals surface area contributed by atoms with Crippen molar-refractivity contribution in [3.63, 3.8) is 0 Å². The van der Waals surface area contributed by atoms with Crippen molar-refractivity contribution in [2.24, 2.45) is 0 Å². The van der Waals surface area contributed by atoms with Crippen molar-refractivity contribution in [1.82, 2.24) is 10.2 Å². The average molecular weight is 216 g/mol. The molecule has 2 heterocycles. The summed E-state index contributed by atoms with van der Waals surface area (Å²) < 4.78 is 0. The standard InChI is InChI=1S/C14H20N2/c1-14(2)9-11-5-3-4-6-12(11)13-10-15-7-8-16(13)14/h3-6,13,15H,7-10H2,1-2H3. The average Bonchev–Trinajstić information content (AvgIpc) is 2.29. The summed E-state index contributed by atoms with van der Waals surface area (Å²) in [7, 11) is 0. The normalized spacial score (nSPS) is 28.2. The molecule has 0 bridgehead atoms. The Bertz CT molecular complexity index is 397. The van der Waals surface area contributed by atoms with E-state index in [0.29, 0.717) is 11.6 Å². The Balaban J connectivity index is 2.07. The van der Waals surface area contributed by atoms with Gasteiger partial charge in [0.15, 0.2) is 0 Å². The van der Waals surface area contributed by atoms with Crippen LogP contribution in [-0.2, 0) is 6.42 Å². The summed E-state index contributed by atoms with van der Waals surface area (Å²) in [6, 6.07) is 9.51. The molecule has 0 spiro atoms. The lowest BCUT2D eigenvalue weighted by atomic mass is 9.80. The van der Waals surface area contributed by atoms with E-state index in [1.807, 2.05) is 0 Å². The number of nitrogens with one attached hydrogen (secondary N) is 1. The van der Waals surface area contributed by atoms with Crippen LogP contribution in [0.5, 0.6) is 0 Å². The zero-order valence-corrected chi connectivity index (χ0v) is 10.2. The van der Waals surface area contributed by atoms with Gasteiger partial charge < -0.3 is 5.32 Å². The molecule has 2 nitrogen and oxygen atoms in total. The van der Waals surface area contributed by atoms with Crippen LogP contribution in [0.1, 0.15) is 31.0 Å². The second-order valence-corrected chi connectivity index (χ2v) is 5.60. The lowest BCUT2D eigenvalue weighted by Crippen LogP contribution is -2.58. The van der Waals surface area contributed by atoms with E-state index >= 15 is 0 Å². The quantitative estimate of drug-likeness (QED) is 0.713. The van der Waals surface area contributed by atoms with Gasteiger partial charge in [0, 0.05) is 31.2 Å². The largest absolute Gasteiger partial charge is 0.314 e. The topological polar surface area (TPSA) is 15.3 Å². The van der Waals surface area contributed by atoms with E-state index in [9.17, 15) is 0 Å². The van der Waals surface area contributed by atoms with Gasteiger partial charge in [-0.2, -0.15) is 0 Å². The van der Waals surface area contributed by atoms with Crippen LogP contribution >= 0.6 is 0 Å². The molecule has 1 aromatic rings. The summed E-state index contributed by atoms with van der Waals surface area (Å²) in [5.41, 5.74) is 3.38. The third-order valence-electron chi connectivity index (χ3n) is 4.06. The third-order valence-corrected chi connectivity index (χ3v) is 4.06. The van der Waals surface area contributed by atoms with E-state index in [4.69, 9.17) is 0 Å². The fourth-order valence-corrected chi connectivity index (χ4v) is 3.29. The van der Waals surface area contributed by atoms with E-state index in [0.717, 1.165) is 13.1 Å². The van der Waals surface area contributed by atoms with E-state index in [1.165, 1.54) is 24.1 Å². The molecule has 1 aromatic carbocycles. The summed E-state index contributed by atoms with van der Waals surface area (Å²) in [6.45, 7) is 8.15. The van der Waals surface area contributed by atoms with Gasteiger partial charge in [-0.1, -0.05) is 24.3 Å². The molecule has 2 heteroatoms. The molecule has 2 aliphatic rings. The molecule has 3 rings (SSSR count). The smallest absolute Gasteiger partial charge is 0.0481 e. The van der Waals surface area contributed by atoms with Crippen LogP contribution in [-0.4, -0.2) is 30.1 Å². The van der Waals surface area contributed by atoms with E-state index in [1.54, 1.807) is 0 Å². The van der Waals surface area contributed by atoms with Crippen molar-refractivity contribution >= 4 is 0 Å². The lowest BCUT2D eigenvalue weighted by Gasteiger charge is -2.51. The van der Waals surface area contributed by atoms with Gasteiger partial charge in [0.2, 0.25) is 0 Å². The number of nitrogens with zero attached hydrogens (tertiary/aromatic N) is 1. The summed E-state index contributed by atoms with van der Waals surface area (Å²) in [6.07, 6.45) is 1.18. The minimum atomic E-state index is 0.307. The first-order valence-corrected chi connectivity index (χ1v) is 6.24. The first-order chi connectivity index (χ1) is 7.68. The van der Waals surface area contributed by atoms with Gasteiger partial charge in [-0.3, -0.25) is 4.90 Å². The Kier molecular flexibility index (Phi) is 2.30. The SMILES string of the molecule is CC1(C)Cc2ccccc2C2CNCCN21. The predicted octanol–water partition coefficient (Wildman–Crippen LogP) is 1.97. The highest BCUT2D eigenvalue weighted by Crippen LogP contribution is 2.38. The van der Waals surface area contributed by atoms with Crippen molar-refractivity contribution in [3.8, 4) is 0 Å². The van der Waals surface area contributed by atoms with Gasteiger partial charge in [-0.15, -0.1) is 0 Å². The van der Waals surface area contributed by atoms with Gasteiger partial charge in [0.25, 0.3) is 0 Å². The zero-order valence-electron chi connectivity index (χ0n) is 10.2. The van der Waals surface area contributed by atoms with Crippen molar-refractivity contribution in [2.75, 3.05) is 19.6 Å². The summed E-state index contributed by atoms with van der Waals surface area (Å²) in [4.78, 5) is 2.67. The number of hydrogen-bond acceptors (Lipinski definition) is 2. The second kappa shape index (κ2) is 3.57. The van der Waals surface area contributed by atoms with E-state index < -0.39 is 0 Å². The third kappa shape index (κ3) is 1.48. The van der Waals surface area contributed by atoms with Crippen LogP contribution in [0.4, 0.5) is 0 Å². The van der Waals surface area contributed by atoms with Gasteiger partial charge in [-0.05, 0) is 31.4 Å². The molecule has 16 heavy (non-hydrogen) atoms. The maximum absolute atomic E-state index is 3.52. The Hall–Kier alpha value is -0.860. The molecule has 1 unspecified atom stereocenters. The molecule has 1 saturated heterocycles. The monoisotopic (exact) mass is 216 g/mol. The minimum Gasteiger partial charge on any atom is -0.314 e. The molecule has 0 aromatic heterocycles. The highest BCUT2D eigenvalue weighted by Gasteiger charge is 2.40. The molecular weight excluding hydrogens is 196 g/mol. The number of benzene rings is 1. The van der Waals surface area contributed by atoms with Crippen LogP contribution in [0.15, 0.2) is 24.3 Å². The first-order valence-electron chi connectivity index (χ1n) is 6.24. The number of rotatable bonds is 0. The minimum absolute atomic E-state index is 0.307. The highest BCUT2D eigenvalue weighted by molar-refractivity contribution is 5.35. The fraction of sp³-hybridized carbons (Fsp3) is 0.571. The molecule has 86 valence electrons. The Labute approximate surface area is 97.6 Å². The van der Waals surface area contributed by atoms with Crippen LogP contribution in [0, 0.1) is 0 Å². The van der Waals surface area contributed by atoms with Gasteiger partial charge in [-0.25, -0.2) is 0 Å². The Morgan fingerprint density at radius 3 is 3.00 bits per heavy atom. The summed E-state index contributed by atoms with van der Waals surface area (Å²) >= 11 is 0. The number of hydrogen-bond donors (Lipinski definition) is 1. The summed E-state index contributed by atoms with van der Waals surface area (Å²) in [5, 5.41) is 3.52. The van der Waals surface area contributed by atoms with Crippen molar-refractivity contribution in [3.05, 3.63) is 35.4 Å². The fourth-order valence-electron chi connectivity index (χ4n) is 3.29. The lowest BCUT2D eigenvalue weighted by molar-refractivity contribution is 0.0356.